The minimum absolute atomic E-state index is 0.180. The van der Waals surface area contributed by atoms with Gasteiger partial charge in [0.05, 0.1) is 5.60 Å². The van der Waals surface area contributed by atoms with Crippen molar-refractivity contribution in [1.29, 1.82) is 0 Å². The molecule has 1 aromatic rings. The second-order valence-corrected chi connectivity index (χ2v) is 6.49. The third-order valence-corrected chi connectivity index (χ3v) is 4.22. The summed E-state index contributed by atoms with van der Waals surface area (Å²) in [4.78, 5) is 0. The first-order valence-corrected chi connectivity index (χ1v) is 7.55. The molecule has 2 N–H and O–H groups in total. The van der Waals surface area contributed by atoms with E-state index in [2.05, 4.69) is 33.0 Å². The summed E-state index contributed by atoms with van der Waals surface area (Å²) in [6.07, 6.45) is 1.04. The van der Waals surface area contributed by atoms with Crippen molar-refractivity contribution in [2.24, 2.45) is 0 Å². The zero-order chi connectivity index (χ0) is 14.9. The van der Waals surface area contributed by atoms with Crippen LogP contribution in [0.2, 0.25) is 0 Å². The Labute approximate surface area is 122 Å². The van der Waals surface area contributed by atoms with Gasteiger partial charge in [-0.25, -0.2) is 0 Å². The summed E-state index contributed by atoms with van der Waals surface area (Å²) in [5, 5.41) is 13.8. The molecule has 0 radical (unpaired) electrons. The molecule has 0 saturated carbocycles. The molecule has 112 valence electrons. The zero-order valence-electron chi connectivity index (χ0n) is 13.3. The summed E-state index contributed by atoms with van der Waals surface area (Å²) < 4.78 is 5.73. The highest BCUT2D eigenvalue weighted by Crippen LogP contribution is 2.45. The minimum Gasteiger partial charge on any atom is -0.508 e. The molecule has 1 aromatic carbocycles. The van der Waals surface area contributed by atoms with Crippen molar-refractivity contribution in [2.45, 2.75) is 58.6 Å². The first kappa shape index (κ1) is 15.3. The topological polar surface area (TPSA) is 41.5 Å². The molecule has 0 aliphatic heterocycles. The van der Waals surface area contributed by atoms with Crippen LogP contribution < -0.4 is 5.32 Å². The van der Waals surface area contributed by atoms with Crippen LogP contribution in [-0.2, 0) is 4.74 Å². The van der Waals surface area contributed by atoms with Gasteiger partial charge in [-0.3, -0.25) is 0 Å². The van der Waals surface area contributed by atoms with Crippen molar-refractivity contribution in [1.82, 2.24) is 5.32 Å². The fraction of sp³-hybridized carbons (Fsp3) is 0.647. The maximum absolute atomic E-state index is 10.2. The number of hydrogen-bond acceptors (Lipinski definition) is 3. The van der Waals surface area contributed by atoms with E-state index in [4.69, 9.17) is 4.74 Å². The number of rotatable bonds is 5. The fourth-order valence-corrected chi connectivity index (χ4v) is 3.34. The Morgan fingerprint density at radius 2 is 2.05 bits per heavy atom. The monoisotopic (exact) mass is 277 g/mol. The highest BCUT2D eigenvalue weighted by atomic mass is 16.5. The lowest BCUT2D eigenvalue weighted by atomic mass is 9.97. The van der Waals surface area contributed by atoms with E-state index in [1.165, 1.54) is 11.1 Å². The lowest BCUT2D eigenvalue weighted by Gasteiger charge is -2.27. The van der Waals surface area contributed by atoms with Crippen LogP contribution in [0.25, 0.3) is 0 Å². The van der Waals surface area contributed by atoms with E-state index in [9.17, 15) is 5.11 Å². The average molecular weight is 277 g/mol. The molecule has 2 atom stereocenters. The summed E-state index contributed by atoms with van der Waals surface area (Å²) in [5.74, 6) is 0.909. The van der Waals surface area contributed by atoms with Crippen LogP contribution in [0.1, 0.15) is 62.8 Å². The van der Waals surface area contributed by atoms with Crippen molar-refractivity contribution >= 4 is 0 Å². The van der Waals surface area contributed by atoms with Crippen molar-refractivity contribution in [3.05, 3.63) is 28.8 Å². The number of ether oxygens (including phenoxy) is 1. The van der Waals surface area contributed by atoms with Gasteiger partial charge >= 0.3 is 0 Å². The molecule has 0 amide bonds. The maximum Gasteiger partial charge on any atom is 0.120 e. The third kappa shape index (κ3) is 2.99. The van der Waals surface area contributed by atoms with E-state index in [-0.39, 0.29) is 11.6 Å². The van der Waals surface area contributed by atoms with Gasteiger partial charge in [0.15, 0.2) is 0 Å². The Bertz CT molecular complexity index is 482. The van der Waals surface area contributed by atoms with Crippen LogP contribution in [0.5, 0.6) is 5.75 Å². The fourth-order valence-electron chi connectivity index (χ4n) is 3.34. The van der Waals surface area contributed by atoms with Crippen molar-refractivity contribution in [2.75, 3.05) is 13.2 Å². The van der Waals surface area contributed by atoms with E-state index >= 15 is 0 Å². The van der Waals surface area contributed by atoms with Crippen molar-refractivity contribution in [3.8, 4) is 5.75 Å². The van der Waals surface area contributed by atoms with Gasteiger partial charge in [-0.2, -0.15) is 0 Å². The molecule has 0 spiro atoms. The van der Waals surface area contributed by atoms with Crippen LogP contribution >= 0.6 is 0 Å². The molecule has 0 heterocycles. The van der Waals surface area contributed by atoms with Gasteiger partial charge in [0.25, 0.3) is 0 Å². The van der Waals surface area contributed by atoms with E-state index < -0.39 is 0 Å². The number of hydrogen-bond donors (Lipinski definition) is 2. The van der Waals surface area contributed by atoms with Gasteiger partial charge in [0, 0.05) is 24.8 Å². The molecule has 3 heteroatoms. The Hall–Kier alpha value is -1.06. The Morgan fingerprint density at radius 3 is 2.70 bits per heavy atom. The first-order chi connectivity index (χ1) is 9.35. The second kappa shape index (κ2) is 5.74. The molecule has 0 aromatic heterocycles. The number of nitrogens with one attached hydrogen (secondary N) is 1. The lowest BCUT2D eigenvalue weighted by Crippen LogP contribution is -2.39. The van der Waals surface area contributed by atoms with Gasteiger partial charge in [-0.1, -0.05) is 13.0 Å². The third-order valence-electron chi connectivity index (χ3n) is 4.22. The standard InChI is InChI=1S/C17H27NO2/c1-6-20-17(4,5)10-18-13-9-12(3)15-11(2)7-8-14(19)16(13)15/h7-8,12-13,18-19H,6,9-10H2,1-5H3. The molecule has 1 aliphatic carbocycles. The van der Waals surface area contributed by atoms with Crippen molar-refractivity contribution in [3.63, 3.8) is 0 Å². The number of phenolic OH excluding ortho intramolecular Hbond substituents is 1. The molecule has 2 unspecified atom stereocenters. The van der Waals surface area contributed by atoms with Crippen LogP contribution in [0.3, 0.4) is 0 Å². The molecule has 0 saturated heterocycles. The Kier molecular flexibility index (Phi) is 4.40. The number of phenols is 1. The van der Waals surface area contributed by atoms with E-state index in [0.29, 0.717) is 11.7 Å². The number of fused-ring (bicyclic) bond motifs is 1. The molecule has 0 bridgehead atoms. The van der Waals surface area contributed by atoms with Crippen LogP contribution in [0, 0.1) is 6.92 Å². The minimum atomic E-state index is -0.180. The summed E-state index contributed by atoms with van der Waals surface area (Å²) in [6.45, 7) is 12.1. The molecule has 1 aliphatic rings. The van der Waals surface area contributed by atoms with E-state index in [0.717, 1.165) is 25.1 Å². The summed E-state index contributed by atoms with van der Waals surface area (Å²) >= 11 is 0. The van der Waals surface area contributed by atoms with Gasteiger partial charge in [-0.15, -0.1) is 0 Å². The largest absolute Gasteiger partial charge is 0.508 e. The Balaban J connectivity index is 2.16. The van der Waals surface area contributed by atoms with Crippen LogP contribution in [0.4, 0.5) is 0 Å². The number of aromatic hydroxyl groups is 1. The molecule has 0 fully saturated rings. The summed E-state index contributed by atoms with van der Waals surface area (Å²) in [5.41, 5.74) is 3.50. The van der Waals surface area contributed by atoms with Crippen molar-refractivity contribution < 1.29 is 9.84 Å². The van der Waals surface area contributed by atoms with Crippen LogP contribution in [0.15, 0.2) is 12.1 Å². The maximum atomic E-state index is 10.2. The smallest absolute Gasteiger partial charge is 0.120 e. The predicted molar refractivity (Wildman–Crippen MR) is 82.3 cm³/mol. The quantitative estimate of drug-likeness (QED) is 0.863. The first-order valence-electron chi connectivity index (χ1n) is 7.55. The SMILES string of the molecule is CCOC(C)(C)CNC1CC(C)c2c(C)ccc(O)c21. The molecule has 20 heavy (non-hydrogen) atoms. The number of aryl methyl sites for hydroxylation is 1. The van der Waals surface area contributed by atoms with Gasteiger partial charge < -0.3 is 15.2 Å². The molecular formula is C17H27NO2. The lowest BCUT2D eigenvalue weighted by molar-refractivity contribution is -0.0107. The van der Waals surface area contributed by atoms with E-state index in [1.807, 2.05) is 19.1 Å². The zero-order valence-corrected chi connectivity index (χ0v) is 13.3. The Morgan fingerprint density at radius 1 is 1.35 bits per heavy atom. The summed E-state index contributed by atoms with van der Waals surface area (Å²) in [7, 11) is 0. The average Bonchev–Trinajstić information content (AvgIpc) is 2.70. The van der Waals surface area contributed by atoms with Crippen LogP contribution in [-0.4, -0.2) is 23.9 Å². The second-order valence-electron chi connectivity index (χ2n) is 6.49. The van der Waals surface area contributed by atoms with Gasteiger partial charge in [0.2, 0.25) is 0 Å². The number of benzene rings is 1. The molecule has 3 nitrogen and oxygen atoms in total. The van der Waals surface area contributed by atoms with E-state index in [1.54, 1.807) is 0 Å². The van der Waals surface area contributed by atoms with Gasteiger partial charge in [-0.05, 0) is 57.2 Å². The molecule has 2 rings (SSSR count). The molecular weight excluding hydrogens is 250 g/mol. The summed E-state index contributed by atoms with van der Waals surface area (Å²) in [6, 6.07) is 4.05. The highest BCUT2D eigenvalue weighted by molar-refractivity contribution is 5.50. The normalized spacial score (nSPS) is 22.1. The highest BCUT2D eigenvalue weighted by Gasteiger charge is 2.33. The predicted octanol–water partition coefficient (Wildman–Crippen LogP) is 3.65. The van der Waals surface area contributed by atoms with Gasteiger partial charge in [0.1, 0.15) is 5.75 Å².